The standard InChI is InChI=1S/C13H19N3O4/c1-4-19-12(17)9-6-14-11-10(13(18)20-5-2)8(3)15-16(11)7-9/h9,14H,4-7H2,1-3H3. The van der Waals surface area contributed by atoms with Gasteiger partial charge in [-0.15, -0.1) is 0 Å². The van der Waals surface area contributed by atoms with E-state index in [2.05, 4.69) is 10.4 Å². The van der Waals surface area contributed by atoms with Crippen LogP contribution in [0.4, 0.5) is 5.82 Å². The Kier molecular flexibility index (Phi) is 4.26. The summed E-state index contributed by atoms with van der Waals surface area (Å²) in [4.78, 5) is 23.7. The molecule has 0 fully saturated rings. The van der Waals surface area contributed by atoms with Crippen molar-refractivity contribution < 1.29 is 19.1 Å². The summed E-state index contributed by atoms with van der Waals surface area (Å²) in [6.45, 7) is 6.78. The molecule has 1 unspecified atom stereocenters. The van der Waals surface area contributed by atoms with Crippen LogP contribution in [0.1, 0.15) is 29.9 Å². The first-order valence-corrected chi connectivity index (χ1v) is 6.73. The van der Waals surface area contributed by atoms with Gasteiger partial charge < -0.3 is 14.8 Å². The zero-order chi connectivity index (χ0) is 14.7. The van der Waals surface area contributed by atoms with Crippen LogP contribution in [0.2, 0.25) is 0 Å². The number of carbonyl (C=O) groups is 2. The van der Waals surface area contributed by atoms with Gasteiger partial charge in [0.15, 0.2) is 0 Å². The highest BCUT2D eigenvalue weighted by Crippen LogP contribution is 2.26. The number of carbonyl (C=O) groups excluding carboxylic acids is 2. The molecule has 0 spiro atoms. The van der Waals surface area contributed by atoms with E-state index >= 15 is 0 Å². The molecule has 0 amide bonds. The number of nitrogens with zero attached hydrogens (tertiary/aromatic N) is 2. The van der Waals surface area contributed by atoms with Crippen LogP contribution in [-0.2, 0) is 20.8 Å². The second-order valence-corrected chi connectivity index (χ2v) is 4.54. The predicted molar refractivity (Wildman–Crippen MR) is 71.5 cm³/mol. The molecule has 2 rings (SSSR count). The third-order valence-corrected chi connectivity index (χ3v) is 3.14. The van der Waals surface area contributed by atoms with Crippen molar-refractivity contribution in [3.8, 4) is 0 Å². The monoisotopic (exact) mass is 281 g/mol. The largest absolute Gasteiger partial charge is 0.466 e. The Morgan fingerprint density at radius 2 is 2.05 bits per heavy atom. The molecule has 0 saturated heterocycles. The molecule has 1 atom stereocenters. The molecule has 7 nitrogen and oxygen atoms in total. The number of anilines is 1. The van der Waals surface area contributed by atoms with Crippen LogP contribution in [0.3, 0.4) is 0 Å². The molecule has 0 bridgehead atoms. The van der Waals surface area contributed by atoms with Crippen LogP contribution in [0.15, 0.2) is 0 Å². The fourth-order valence-corrected chi connectivity index (χ4v) is 2.25. The Morgan fingerprint density at radius 3 is 2.70 bits per heavy atom. The lowest BCUT2D eigenvalue weighted by atomic mass is 10.1. The van der Waals surface area contributed by atoms with Gasteiger partial charge in [-0.3, -0.25) is 4.79 Å². The molecule has 1 aliphatic rings. The van der Waals surface area contributed by atoms with Crippen molar-refractivity contribution in [2.75, 3.05) is 25.1 Å². The molecule has 1 N–H and O–H groups in total. The normalized spacial score (nSPS) is 17.1. The minimum absolute atomic E-state index is 0.253. The van der Waals surface area contributed by atoms with Crippen molar-refractivity contribution >= 4 is 17.8 Å². The van der Waals surface area contributed by atoms with Crippen molar-refractivity contribution in [1.82, 2.24) is 9.78 Å². The highest BCUT2D eigenvalue weighted by molar-refractivity contribution is 5.96. The summed E-state index contributed by atoms with van der Waals surface area (Å²) in [6.07, 6.45) is 0. The fraction of sp³-hybridized carbons (Fsp3) is 0.615. The molecule has 0 aliphatic carbocycles. The zero-order valence-corrected chi connectivity index (χ0v) is 11.9. The Bertz CT molecular complexity index is 524. The van der Waals surface area contributed by atoms with Crippen LogP contribution < -0.4 is 5.32 Å². The molecular weight excluding hydrogens is 262 g/mol. The van der Waals surface area contributed by atoms with Crippen LogP contribution in [0.5, 0.6) is 0 Å². The molecule has 1 aromatic heterocycles. The summed E-state index contributed by atoms with van der Waals surface area (Å²) in [5.74, 6) is -0.330. The average Bonchev–Trinajstić information content (AvgIpc) is 2.74. The first kappa shape index (κ1) is 14.4. The number of aromatic nitrogens is 2. The lowest BCUT2D eigenvalue weighted by molar-refractivity contribution is -0.148. The molecule has 0 radical (unpaired) electrons. The van der Waals surface area contributed by atoms with E-state index in [1.807, 2.05) is 0 Å². The summed E-state index contributed by atoms with van der Waals surface area (Å²) in [5, 5.41) is 7.37. The SMILES string of the molecule is CCOC(=O)c1c(C)nn2c1NCC(C(=O)OCC)C2. The molecule has 0 saturated carbocycles. The van der Waals surface area contributed by atoms with Gasteiger partial charge in [0.05, 0.1) is 31.4 Å². The lowest BCUT2D eigenvalue weighted by Gasteiger charge is -2.23. The number of esters is 2. The van der Waals surface area contributed by atoms with E-state index in [4.69, 9.17) is 9.47 Å². The van der Waals surface area contributed by atoms with Gasteiger partial charge in [-0.1, -0.05) is 0 Å². The third kappa shape index (κ3) is 2.61. The van der Waals surface area contributed by atoms with Crippen molar-refractivity contribution in [3.63, 3.8) is 0 Å². The minimum Gasteiger partial charge on any atom is -0.466 e. The number of aryl methyl sites for hydroxylation is 1. The van der Waals surface area contributed by atoms with Crippen molar-refractivity contribution in [3.05, 3.63) is 11.3 Å². The van der Waals surface area contributed by atoms with Gasteiger partial charge in [0.25, 0.3) is 0 Å². The molecule has 20 heavy (non-hydrogen) atoms. The van der Waals surface area contributed by atoms with Crippen molar-refractivity contribution in [1.29, 1.82) is 0 Å². The summed E-state index contributed by atoms with van der Waals surface area (Å²) >= 11 is 0. The minimum atomic E-state index is -0.395. The molecule has 1 aromatic rings. The number of nitrogens with one attached hydrogen (secondary N) is 1. The van der Waals surface area contributed by atoms with Gasteiger partial charge >= 0.3 is 11.9 Å². The Hall–Kier alpha value is -2.05. The number of ether oxygens (including phenoxy) is 2. The predicted octanol–water partition coefficient (Wildman–Crippen LogP) is 0.973. The van der Waals surface area contributed by atoms with Gasteiger partial charge in [0.1, 0.15) is 11.4 Å². The number of fused-ring (bicyclic) bond motifs is 1. The number of hydrogen-bond donors (Lipinski definition) is 1. The molecule has 0 aromatic carbocycles. The van der Waals surface area contributed by atoms with Crippen molar-refractivity contribution in [2.24, 2.45) is 5.92 Å². The zero-order valence-electron chi connectivity index (χ0n) is 11.9. The second-order valence-electron chi connectivity index (χ2n) is 4.54. The van der Waals surface area contributed by atoms with Gasteiger partial charge in [-0.25, -0.2) is 9.48 Å². The first-order valence-electron chi connectivity index (χ1n) is 6.73. The molecule has 7 heteroatoms. The Labute approximate surface area is 117 Å². The van der Waals surface area contributed by atoms with E-state index in [0.29, 0.717) is 43.4 Å². The highest BCUT2D eigenvalue weighted by Gasteiger charge is 2.31. The van der Waals surface area contributed by atoms with E-state index in [-0.39, 0.29) is 11.9 Å². The quantitative estimate of drug-likeness (QED) is 0.828. The lowest BCUT2D eigenvalue weighted by Crippen LogP contribution is -2.35. The van der Waals surface area contributed by atoms with E-state index in [0.717, 1.165) is 0 Å². The maximum atomic E-state index is 11.9. The van der Waals surface area contributed by atoms with Gasteiger partial charge in [-0.05, 0) is 20.8 Å². The van der Waals surface area contributed by atoms with Crippen LogP contribution in [-0.4, -0.2) is 41.5 Å². The number of rotatable bonds is 4. The third-order valence-electron chi connectivity index (χ3n) is 3.14. The fourth-order valence-electron chi connectivity index (χ4n) is 2.25. The maximum Gasteiger partial charge on any atom is 0.343 e. The molecule has 2 heterocycles. The van der Waals surface area contributed by atoms with E-state index < -0.39 is 5.97 Å². The van der Waals surface area contributed by atoms with E-state index in [1.54, 1.807) is 25.5 Å². The summed E-state index contributed by atoms with van der Waals surface area (Å²) in [6, 6.07) is 0. The smallest absolute Gasteiger partial charge is 0.343 e. The topological polar surface area (TPSA) is 82.5 Å². The molecular formula is C13H19N3O4. The first-order chi connectivity index (χ1) is 9.58. The molecule has 1 aliphatic heterocycles. The van der Waals surface area contributed by atoms with E-state index in [1.165, 1.54) is 0 Å². The van der Waals surface area contributed by atoms with Gasteiger partial charge in [0, 0.05) is 6.54 Å². The molecule has 110 valence electrons. The second kappa shape index (κ2) is 5.94. The Balaban J connectivity index is 2.21. The van der Waals surface area contributed by atoms with Crippen LogP contribution in [0.25, 0.3) is 0 Å². The van der Waals surface area contributed by atoms with Crippen LogP contribution in [0, 0.1) is 12.8 Å². The summed E-state index contributed by atoms with van der Waals surface area (Å²) < 4.78 is 11.7. The van der Waals surface area contributed by atoms with Gasteiger partial charge in [0.2, 0.25) is 0 Å². The summed E-state index contributed by atoms with van der Waals surface area (Å²) in [7, 11) is 0. The van der Waals surface area contributed by atoms with E-state index in [9.17, 15) is 9.59 Å². The average molecular weight is 281 g/mol. The summed E-state index contributed by atoms with van der Waals surface area (Å²) in [5.41, 5.74) is 1.03. The highest BCUT2D eigenvalue weighted by atomic mass is 16.5. The van der Waals surface area contributed by atoms with Crippen molar-refractivity contribution in [2.45, 2.75) is 27.3 Å². The van der Waals surface area contributed by atoms with Crippen LogP contribution >= 0.6 is 0 Å². The number of hydrogen-bond acceptors (Lipinski definition) is 6. The Morgan fingerprint density at radius 1 is 1.35 bits per heavy atom. The van der Waals surface area contributed by atoms with Gasteiger partial charge in [-0.2, -0.15) is 5.10 Å². The maximum absolute atomic E-state index is 11.9.